The zero-order valence-corrected chi connectivity index (χ0v) is 14.7. The molecule has 3 rings (SSSR count). The summed E-state index contributed by atoms with van der Waals surface area (Å²) < 4.78 is 0. The van der Waals surface area contributed by atoms with Crippen LogP contribution in [-0.4, -0.2) is 36.5 Å². The Hall–Kier alpha value is -1.10. The lowest BCUT2D eigenvalue weighted by atomic mass is 9.92. The fourth-order valence-corrected chi connectivity index (χ4v) is 3.79. The maximum atomic E-state index is 12.3. The molecule has 1 aliphatic heterocycles. The van der Waals surface area contributed by atoms with E-state index in [9.17, 15) is 4.79 Å². The van der Waals surface area contributed by atoms with E-state index in [1.165, 1.54) is 24.0 Å². The van der Waals surface area contributed by atoms with Gasteiger partial charge in [0.15, 0.2) is 0 Å². The van der Waals surface area contributed by atoms with Gasteiger partial charge < -0.3 is 11.1 Å². The number of aryl methyl sites for hydroxylation is 2. The molecule has 0 radical (unpaired) electrons. The molecule has 1 aromatic rings. The Labute approximate surface area is 145 Å². The predicted octanol–water partition coefficient (Wildman–Crippen LogP) is 2.59. The number of hydrogen-bond acceptors (Lipinski definition) is 3. The predicted molar refractivity (Wildman–Crippen MR) is 97.2 cm³/mol. The molecular weight excluding hydrogens is 310 g/mol. The fourth-order valence-electron chi connectivity index (χ4n) is 3.79. The molecule has 0 saturated carbocycles. The van der Waals surface area contributed by atoms with E-state index >= 15 is 0 Å². The number of carbonyl (C=O) groups is 1. The molecule has 2 atom stereocenters. The molecule has 128 valence electrons. The smallest absolute Gasteiger partial charge is 0.238 e. The van der Waals surface area contributed by atoms with Crippen LogP contribution in [0, 0.1) is 5.92 Å². The van der Waals surface area contributed by atoms with Crippen molar-refractivity contribution in [1.29, 1.82) is 0 Å². The Morgan fingerprint density at radius 2 is 2.13 bits per heavy atom. The maximum Gasteiger partial charge on any atom is 0.238 e. The second-order valence-electron chi connectivity index (χ2n) is 6.87. The molecule has 4 nitrogen and oxygen atoms in total. The van der Waals surface area contributed by atoms with Crippen LogP contribution in [0.1, 0.15) is 37.3 Å². The normalized spacial score (nSPS) is 23.9. The average molecular weight is 338 g/mol. The largest absolute Gasteiger partial charge is 0.329 e. The molecule has 0 bridgehead atoms. The average Bonchev–Trinajstić information content (AvgIpc) is 2.96. The molecule has 5 heteroatoms. The molecule has 0 aromatic heterocycles. The van der Waals surface area contributed by atoms with Gasteiger partial charge in [0.05, 0.1) is 6.54 Å². The van der Waals surface area contributed by atoms with Gasteiger partial charge in [-0.1, -0.05) is 13.0 Å². The molecule has 1 amide bonds. The summed E-state index contributed by atoms with van der Waals surface area (Å²) in [4.78, 5) is 14.6. The Kier molecular flexibility index (Phi) is 6.45. The Morgan fingerprint density at radius 1 is 1.35 bits per heavy atom. The molecule has 1 saturated heterocycles. The highest BCUT2D eigenvalue weighted by Gasteiger charge is 2.26. The van der Waals surface area contributed by atoms with E-state index in [1.807, 2.05) is 6.07 Å². The molecule has 1 fully saturated rings. The van der Waals surface area contributed by atoms with Gasteiger partial charge in [0, 0.05) is 18.3 Å². The Bertz CT molecular complexity index is 549. The highest BCUT2D eigenvalue weighted by atomic mass is 35.5. The minimum atomic E-state index is 0. The third-order valence-electron chi connectivity index (χ3n) is 5.10. The summed E-state index contributed by atoms with van der Waals surface area (Å²) in [5, 5.41) is 3.05. The van der Waals surface area contributed by atoms with Gasteiger partial charge in [-0.25, -0.2) is 0 Å². The minimum absolute atomic E-state index is 0. The second kappa shape index (κ2) is 8.13. The molecule has 2 aliphatic rings. The molecular formula is C18H28ClN3O. The number of anilines is 1. The summed E-state index contributed by atoms with van der Waals surface area (Å²) in [5.41, 5.74) is 9.63. The third kappa shape index (κ3) is 4.46. The molecule has 1 aromatic carbocycles. The number of halogens is 1. The van der Waals surface area contributed by atoms with Crippen LogP contribution in [0.4, 0.5) is 5.69 Å². The monoisotopic (exact) mass is 337 g/mol. The third-order valence-corrected chi connectivity index (χ3v) is 5.10. The molecule has 1 heterocycles. The standard InChI is InChI=1S/C18H27N3O.ClH/c1-13-7-8-21(17(9-13)11-19)12-18(22)20-16-6-5-14-3-2-4-15(14)10-16;/h5-6,10,13,17H,2-4,7-9,11-12,19H2,1H3,(H,20,22);1H. The first-order chi connectivity index (χ1) is 10.7. The molecule has 1 aliphatic carbocycles. The maximum absolute atomic E-state index is 12.3. The van der Waals surface area contributed by atoms with Gasteiger partial charge in [0.1, 0.15) is 0 Å². The number of piperidine rings is 1. The number of nitrogens with zero attached hydrogens (tertiary/aromatic N) is 1. The number of nitrogens with two attached hydrogens (primary N) is 1. The molecule has 2 unspecified atom stereocenters. The summed E-state index contributed by atoms with van der Waals surface area (Å²) in [6.07, 6.45) is 5.80. The summed E-state index contributed by atoms with van der Waals surface area (Å²) in [6.45, 7) is 4.33. The van der Waals surface area contributed by atoms with E-state index in [1.54, 1.807) is 0 Å². The van der Waals surface area contributed by atoms with E-state index < -0.39 is 0 Å². The summed E-state index contributed by atoms with van der Waals surface area (Å²) >= 11 is 0. The Morgan fingerprint density at radius 3 is 2.91 bits per heavy atom. The van der Waals surface area contributed by atoms with Crippen molar-refractivity contribution < 1.29 is 4.79 Å². The van der Waals surface area contributed by atoms with Crippen LogP contribution in [0.5, 0.6) is 0 Å². The van der Waals surface area contributed by atoms with Gasteiger partial charge in [-0.3, -0.25) is 9.69 Å². The van der Waals surface area contributed by atoms with Crippen LogP contribution < -0.4 is 11.1 Å². The zero-order chi connectivity index (χ0) is 15.5. The number of benzene rings is 1. The van der Waals surface area contributed by atoms with Gasteiger partial charge in [0.2, 0.25) is 5.91 Å². The van der Waals surface area contributed by atoms with E-state index in [0.717, 1.165) is 31.5 Å². The lowest BCUT2D eigenvalue weighted by molar-refractivity contribution is -0.118. The number of fused-ring (bicyclic) bond motifs is 1. The van der Waals surface area contributed by atoms with E-state index in [0.29, 0.717) is 25.0 Å². The number of rotatable bonds is 4. The van der Waals surface area contributed by atoms with Crippen LogP contribution >= 0.6 is 12.4 Å². The van der Waals surface area contributed by atoms with Crippen molar-refractivity contribution in [3.05, 3.63) is 29.3 Å². The fraction of sp³-hybridized carbons (Fsp3) is 0.611. The van der Waals surface area contributed by atoms with Crippen LogP contribution in [0.15, 0.2) is 18.2 Å². The first kappa shape index (κ1) is 18.2. The van der Waals surface area contributed by atoms with Gasteiger partial charge in [-0.15, -0.1) is 12.4 Å². The zero-order valence-electron chi connectivity index (χ0n) is 13.9. The van der Waals surface area contributed by atoms with E-state index in [-0.39, 0.29) is 18.3 Å². The lowest BCUT2D eigenvalue weighted by Gasteiger charge is -2.37. The number of carbonyl (C=O) groups excluding carboxylic acids is 1. The summed E-state index contributed by atoms with van der Waals surface area (Å²) in [5.74, 6) is 0.788. The second-order valence-corrected chi connectivity index (χ2v) is 6.87. The molecule has 0 spiro atoms. The SMILES string of the molecule is CC1CCN(CC(=O)Nc2ccc3c(c2)CCC3)C(CN)C1.Cl. The van der Waals surface area contributed by atoms with Crippen molar-refractivity contribution in [1.82, 2.24) is 4.90 Å². The van der Waals surface area contributed by atoms with Crippen molar-refractivity contribution in [3.8, 4) is 0 Å². The van der Waals surface area contributed by atoms with Crippen LogP contribution in [0.25, 0.3) is 0 Å². The highest BCUT2D eigenvalue weighted by molar-refractivity contribution is 5.92. The Balaban J connectivity index is 0.00000192. The van der Waals surface area contributed by atoms with E-state index in [4.69, 9.17) is 5.73 Å². The number of hydrogen-bond donors (Lipinski definition) is 2. The van der Waals surface area contributed by atoms with Crippen molar-refractivity contribution in [2.24, 2.45) is 11.7 Å². The first-order valence-electron chi connectivity index (χ1n) is 8.51. The molecule has 3 N–H and O–H groups in total. The highest BCUT2D eigenvalue weighted by Crippen LogP contribution is 2.25. The minimum Gasteiger partial charge on any atom is -0.329 e. The topological polar surface area (TPSA) is 58.4 Å². The van der Waals surface area contributed by atoms with E-state index in [2.05, 4.69) is 29.3 Å². The van der Waals surface area contributed by atoms with Crippen molar-refractivity contribution in [2.45, 2.75) is 45.1 Å². The van der Waals surface area contributed by atoms with Gasteiger partial charge in [0.25, 0.3) is 0 Å². The van der Waals surface area contributed by atoms with Gasteiger partial charge in [-0.05, 0) is 67.8 Å². The number of nitrogens with one attached hydrogen (secondary N) is 1. The molecule has 23 heavy (non-hydrogen) atoms. The van der Waals surface area contributed by atoms with Crippen molar-refractivity contribution in [2.75, 3.05) is 25.0 Å². The van der Waals surface area contributed by atoms with Crippen molar-refractivity contribution in [3.63, 3.8) is 0 Å². The lowest BCUT2D eigenvalue weighted by Crippen LogP contribution is -2.49. The van der Waals surface area contributed by atoms with Crippen LogP contribution in [0.3, 0.4) is 0 Å². The van der Waals surface area contributed by atoms with Crippen LogP contribution in [-0.2, 0) is 17.6 Å². The van der Waals surface area contributed by atoms with Gasteiger partial charge >= 0.3 is 0 Å². The van der Waals surface area contributed by atoms with Crippen molar-refractivity contribution >= 4 is 24.0 Å². The number of likely N-dealkylation sites (tertiary alicyclic amines) is 1. The number of amides is 1. The quantitative estimate of drug-likeness (QED) is 0.887. The summed E-state index contributed by atoms with van der Waals surface area (Å²) in [6, 6.07) is 6.66. The first-order valence-corrected chi connectivity index (χ1v) is 8.51. The summed E-state index contributed by atoms with van der Waals surface area (Å²) in [7, 11) is 0. The van der Waals surface area contributed by atoms with Crippen LogP contribution in [0.2, 0.25) is 0 Å². The van der Waals surface area contributed by atoms with Gasteiger partial charge in [-0.2, -0.15) is 0 Å².